The molecule has 1 rings (SSSR count). The van der Waals surface area contributed by atoms with Crippen LogP contribution in [0, 0.1) is 11.8 Å². The van der Waals surface area contributed by atoms with E-state index >= 15 is 0 Å². The van der Waals surface area contributed by atoms with Crippen LogP contribution in [0.4, 0.5) is 4.79 Å². The summed E-state index contributed by atoms with van der Waals surface area (Å²) in [5.74, 6) is -1.00. The van der Waals surface area contributed by atoms with E-state index in [1.54, 1.807) is 20.8 Å². The Morgan fingerprint density at radius 3 is 2.48 bits per heavy atom. The number of amides is 1. The lowest BCUT2D eigenvalue weighted by atomic mass is 9.92. The summed E-state index contributed by atoms with van der Waals surface area (Å²) in [6, 6.07) is -0.0939. The molecule has 1 aliphatic rings. The first-order chi connectivity index (χ1) is 9.60. The molecule has 1 amide bonds. The predicted molar refractivity (Wildman–Crippen MR) is 80.2 cm³/mol. The Kier molecular flexibility index (Phi) is 6.01. The van der Waals surface area contributed by atoms with Crippen LogP contribution in [-0.2, 0) is 9.53 Å². The van der Waals surface area contributed by atoms with Gasteiger partial charge in [0, 0.05) is 19.1 Å². The summed E-state index contributed by atoms with van der Waals surface area (Å²) in [4.78, 5) is 25.0. The quantitative estimate of drug-likeness (QED) is 0.829. The molecule has 0 aromatic rings. The predicted octanol–water partition coefficient (Wildman–Crippen LogP) is 1.94. The minimum absolute atomic E-state index is 0.0939. The van der Waals surface area contributed by atoms with Crippen molar-refractivity contribution in [3.05, 3.63) is 0 Å². The molecule has 122 valence electrons. The number of carbonyl (C=O) groups excluding carboxylic acids is 1. The molecule has 0 spiro atoms. The first kappa shape index (κ1) is 17.8. The minimum atomic E-state index is -0.871. The van der Waals surface area contributed by atoms with E-state index in [1.807, 2.05) is 0 Å². The van der Waals surface area contributed by atoms with Crippen LogP contribution in [0.15, 0.2) is 0 Å². The van der Waals surface area contributed by atoms with E-state index in [2.05, 4.69) is 19.2 Å². The molecule has 1 aliphatic heterocycles. The Hall–Kier alpha value is -1.30. The van der Waals surface area contributed by atoms with Gasteiger partial charge in [0.05, 0.1) is 5.92 Å². The van der Waals surface area contributed by atoms with Gasteiger partial charge >= 0.3 is 12.1 Å². The van der Waals surface area contributed by atoms with Gasteiger partial charge in [-0.1, -0.05) is 13.8 Å². The van der Waals surface area contributed by atoms with Crippen molar-refractivity contribution in [2.24, 2.45) is 11.8 Å². The molecule has 0 aliphatic carbocycles. The van der Waals surface area contributed by atoms with Gasteiger partial charge in [-0.15, -0.1) is 0 Å². The first-order valence-corrected chi connectivity index (χ1v) is 7.54. The molecule has 0 aromatic heterocycles. The summed E-state index contributed by atoms with van der Waals surface area (Å²) < 4.78 is 5.31. The van der Waals surface area contributed by atoms with Crippen molar-refractivity contribution < 1.29 is 19.4 Å². The van der Waals surface area contributed by atoms with Crippen LogP contribution in [0.5, 0.6) is 0 Å². The molecule has 1 saturated heterocycles. The number of hydrogen-bond donors (Lipinski definition) is 2. The summed E-state index contributed by atoms with van der Waals surface area (Å²) in [7, 11) is 0. The lowest BCUT2D eigenvalue weighted by Gasteiger charge is -2.37. The molecule has 0 saturated carbocycles. The fraction of sp³-hybridized carbons (Fsp3) is 0.867. The van der Waals surface area contributed by atoms with Crippen LogP contribution in [-0.4, -0.2) is 53.3 Å². The molecular weight excluding hydrogens is 272 g/mol. The number of nitrogens with one attached hydrogen (secondary N) is 1. The van der Waals surface area contributed by atoms with Gasteiger partial charge in [-0.2, -0.15) is 0 Å². The van der Waals surface area contributed by atoms with Crippen molar-refractivity contribution in [1.82, 2.24) is 10.2 Å². The first-order valence-electron chi connectivity index (χ1n) is 7.54. The molecule has 1 heterocycles. The van der Waals surface area contributed by atoms with Gasteiger partial charge in [-0.05, 0) is 39.7 Å². The number of aliphatic carboxylic acids is 1. The Morgan fingerprint density at radius 2 is 2.00 bits per heavy atom. The molecule has 1 fully saturated rings. The van der Waals surface area contributed by atoms with E-state index in [9.17, 15) is 14.7 Å². The number of carboxylic acid groups (broad SMARTS) is 1. The number of hydrogen-bond acceptors (Lipinski definition) is 4. The SMILES string of the molecule is CC(C)CN[C@@H]1CCN(C(=O)OC(C)(C)C)C[C@@H]1C(=O)O. The smallest absolute Gasteiger partial charge is 0.410 e. The zero-order valence-electron chi connectivity index (χ0n) is 13.7. The van der Waals surface area contributed by atoms with Gasteiger partial charge in [0.15, 0.2) is 0 Å². The second-order valence-corrected chi connectivity index (χ2v) is 7.07. The van der Waals surface area contributed by atoms with Crippen LogP contribution in [0.2, 0.25) is 0 Å². The fourth-order valence-corrected chi connectivity index (χ4v) is 2.33. The Balaban J connectivity index is 2.64. The zero-order chi connectivity index (χ0) is 16.2. The maximum absolute atomic E-state index is 12.0. The highest BCUT2D eigenvalue weighted by Gasteiger charge is 2.37. The van der Waals surface area contributed by atoms with Crippen molar-refractivity contribution in [1.29, 1.82) is 0 Å². The topological polar surface area (TPSA) is 78.9 Å². The third-order valence-corrected chi connectivity index (χ3v) is 3.37. The molecule has 6 nitrogen and oxygen atoms in total. The highest BCUT2D eigenvalue weighted by Crippen LogP contribution is 2.20. The van der Waals surface area contributed by atoms with Crippen molar-refractivity contribution in [2.75, 3.05) is 19.6 Å². The summed E-state index contributed by atoms with van der Waals surface area (Å²) in [5, 5.41) is 12.7. The van der Waals surface area contributed by atoms with Crippen LogP contribution in [0.3, 0.4) is 0 Å². The normalized spacial score (nSPS) is 23.2. The molecule has 0 unspecified atom stereocenters. The molecule has 0 bridgehead atoms. The fourth-order valence-electron chi connectivity index (χ4n) is 2.33. The molecule has 6 heteroatoms. The van der Waals surface area contributed by atoms with Crippen LogP contribution in [0.1, 0.15) is 41.0 Å². The monoisotopic (exact) mass is 300 g/mol. The third-order valence-electron chi connectivity index (χ3n) is 3.37. The Morgan fingerprint density at radius 1 is 1.38 bits per heavy atom. The highest BCUT2D eigenvalue weighted by atomic mass is 16.6. The average Bonchev–Trinajstić information content (AvgIpc) is 2.33. The summed E-state index contributed by atoms with van der Waals surface area (Å²) in [5.41, 5.74) is -0.567. The van der Waals surface area contributed by atoms with E-state index in [1.165, 1.54) is 4.90 Å². The number of nitrogens with zero attached hydrogens (tertiary/aromatic N) is 1. The number of rotatable bonds is 4. The molecule has 21 heavy (non-hydrogen) atoms. The van der Waals surface area contributed by atoms with Crippen LogP contribution < -0.4 is 5.32 Å². The minimum Gasteiger partial charge on any atom is -0.481 e. The average molecular weight is 300 g/mol. The Bertz CT molecular complexity index is 376. The van der Waals surface area contributed by atoms with Gasteiger partial charge in [-0.25, -0.2) is 4.79 Å². The van der Waals surface area contributed by atoms with Gasteiger partial charge in [-0.3, -0.25) is 4.79 Å². The van der Waals surface area contributed by atoms with Crippen molar-refractivity contribution in [2.45, 2.75) is 52.7 Å². The largest absolute Gasteiger partial charge is 0.481 e. The van der Waals surface area contributed by atoms with E-state index in [0.717, 1.165) is 6.54 Å². The molecule has 2 atom stereocenters. The van der Waals surface area contributed by atoms with Gasteiger partial charge < -0.3 is 20.1 Å². The van der Waals surface area contributed by atoms with Crippen LogP contribution in [0.25, 0.3) is 0 Å². The zero-order valence-corrected chi connectivity index (χ0v) is 13.7. The second kappa shape index (κ2) is 7.11. The number of carboxylic acids is 1. The van der Waals surface area contributed by atoms with Crippen LogP contribution >= 0.6 is 0 Å². The highest BCUT2D eigenvalue weighted by molar-refractivity contribution is 5.74. The van der Waals surface area contributed by atoms with E-state index in [4.69, 9.17) is 4.74 Å². The number of carbonyl (C=O) groups is 2. The second-order valence-electron chi connectivity index (χ2n) is 7.07. The van der Waals surface area contributed by atoms with Crippen molar-refractivity contribution >= 4 is 12.1 Å². The van der Waals surface area contributed by atoms with E-state index in [0.29, 0.717) is 18.9 Å². The summed E-state index contributed by atoms with van der Waals surface area (Å²) in [6.45, 7) is 11.1. The summed E-state index contributed by atoms with van der Waals surface area (Å²) >= 11 is 0. The standard InChI is InChI=1S/C15H28N2O4/c1-10(2)8-16-12-6-7-17(9-11(12)13(18)19)14(20)21-15(3,4)5/h10-12,16H,6-9H2,1-5H3,(H,18,19)/t11-,12+/m0/s1. The van der Waals surface area contributed by atoms with Crippen molar-refractivity contribution in [3.63, 3.8) is 0 Å². The third kappa shape index (κ3) is 5.91. The molecule has 0 aromatic carbocycles. The van der Waals surface area contributed by atoms with E-state index in [-0.39, 0.29) is 12.6 Å². The Labute approximate surface area is 126 Å². The lowest BCUT2D eigenvalue weighted by molar-refractivity contribution is -0.144. The summed E-state index contributed by atoms with van der Waals surface area (Å²) in [6.07, 6.45) is 0.194. The number of ether oxygens (including phenoxy) is 1. The van der Waals surface area contributed by atoms with Crippen molar-refractivity contribution in [3.8, 4) is 0 Å². The molecular formula is C15H28N2O4. The van der Waals surface area contributed by atoms with Gasteiger partial charge in [0.2, 0.25) is 0 Å². The van der Waals surface area contributed by atoms with Gasteiger partial charge in [0.25, 0.3) is 0 Å². The number of piperidine rings is 1. The lowest BCUT2D eigenvalue weighted by Crippen LogP contribution is -2.54. The molecule has 0 radical (unpaired) electrons. The van der Waals surface area contributed by atoms with E-state index < -0.39 is 23.6 Å². The maximum Gasteiger partial charge on any atom is 0.410 e. The van der Waals surface area contributed by atoms with Gasteiger partial charge in [0.1, 0.15) is 5.60 Å². The molecule has 2 N–H and O–H groups in total. The number of likely N-dealkylation sites (tertiary alicyclic amines) is 1. The maximum atomic E-state index is 12.0.